The topological polar surface area (TPSA) is 102 Å². The Bertz CT molecular complexity index is 692. The highest BCUT2D eigenvalue weighted by Gasteiger charge is 2.24. The van der Waals surface area contributed by atoms with Gasteiger partial charge in [0, 0.05) is 13.1 Å². The largest absolute Gasteiger partial charge is 0.463 e. The molecule has 0 fully saturated rings. The van der Waals surface area contributed by atoms with Crippen molar-refractivity contribution in [3.05, 3.63) is 0 Å². The van der Waals surface area contributed by atoms with Crippen LogP contribution in [-0.4, -0.2) is 77.2 Å². The SMILES string of the molecule is CC(OCCOC(=O)CCNCCC(=O)OCCOC(C)OCC(C)(C)CCC(C)(C)C)OCC(C)(C)CCC(C)(C)C. The van der Waals surface area contributed by atoms with Crippen LogP contribution in [0.25, 0.3) is 0 Å². The number of carbonyl (C=O) groups is 2. The van der Waals surface area contributed by atoms with E-state index in [4.69, 9.17) is 28.4 Å². The molecule has 0 rings (SSSR count). The molecule has 1 N–H and O–H groups in total. The van der Waals surface area contributed by atoms with E-state index >= 15 is 0 Å². The van der Waals surface area contributed by atoms with Gasteiger partial charge in [-0.25, -0.2) is 0 Å². The molecule has 0 amide bonds. The number of esters is 2. The fourth-order valence-corrected chi connectivity index (χ4v) is 3.74. The molecule has 256 valence electrons. The standard InChI is InChI=1S/C34H67NO8/c1-27(42-25-33(9,10)17-15-31(3,4)5)38-21-23-40-29(36)13-19-35-20-14-30(37)41-24-22-39-28(2)43-26-34(11,12)18-16-32(6,7)8/h27-28,35H,13-26H2,1-12H3. The number of ether oxygens (including phenoxy) is 6. The van der Waals surface area contributed by atoms with Gasteiger partial charge in [0.25, 0.3) is 0 Å². The molecule has 0 heterocycles. The maximum atomic E-state index is 11.9. The quantitative estimate of drug-likeness (QED) is 0.0703. The molecule has 9 heteroatoms. The van der Waals surface area contributed by atoms with Crippen LogP contribution in [0.15, 0.2) is 0 Å². The van der Waals surface area contributed by atoms with E-state index in [1.54, 1.807) is 0 Å². The third-order valence-electron chi connectivity index (χ3n) is 6.93. The number of hydrogen-bond acceptors (Lipinski definition) is 9. The second-order valence-corrected chi connectivity index (χ2v) is 15.6. The number of carbonyl (C=O) groups excluding carboxylic acids is 2. The molecule has 0 spiro atoms. The van der Waals surface area contributed by atoms with E-state index in [-0.39, 0.29) is 74.6 Å². The van der Waals surface area contributed by atoms with Crippen molar-refractivity contribution in [2.75, 3.05) is 52.7 Å². The number of rotatable bonds is 24. The summed E-state index contributed by atoms with van der Waals surface area (Å²) in [5, 5.41) is 3.06. The molecule has 0 aliphatic rings. The van der Waals surface area contributed by atoms with Gasteiger partial charge >= 0.3 is 11.9 Å². The molecule has 0 saturated carbocycles. The van der Waals surface area contributed by atoms with Crippen molar-refractivity contribution in [3.8, 4) is 0 Å². The van der Waals surface area contributed by atoms with Crippen LogP contribution < -0.4 is 5.32 Å². The number of hydrogen-bond donors (Lipinski definition) is 1. The van der Waals surface area contributed by atoms with E-state index in [0.29, 0.717) is 37.1 Å². The normalized spacial score (nSPS) is 14.4. The molecule has 0 aromatic carbocycles. The van der Waals surface area contributed by atoms with Crippen molar-refractivity contribution >= 4 is 11.9 Å². The third kappa shape index (κ3) is 28.0. The van der Waals surface area contributed by atoms with Gasteiger partial charge in [0.15, 0.2) is 12.6 Å². The summed E-state index contributed by atoms with van der Waals surface area (Å²) in [5.41, 5.74) is 0.762. The number of nitrogens with one attached hydrogen (secondary N) is 1. The van der Waals surface area contributed by atoms with E-state index in [1.165, 1.54) is 0 Å². The molecule has 0 radical (unpaired) electrons. The van der Waals surface area contributed by atoms with E-state index in [1.807, 2.05) is 13.8 Å². The van der Waals surface area contributed by atoms with Gasteiger partial charge in [-0.2, -0.15) is 0 Å². The first-order chi connectivity index (χ1) is 19.7. The van der Waals surface area contributed by atoms with Crippen molar-refractivity contribution in [2.24, 2.45) is 21.7 Å². The Kier molecular flexibility index (Phi) is 20.1. The van der Waals surface area contributed by atoms with Gasteiger partial charge in [0.1, 0.15) is 13.2 Å². The fraction of sp³-hybridized carbons (Fsp3) is 0.941. The Morgan fingerprint density at radius 1 is 0.535 bits per heavy atom. The zero-order valence-corrected chi connectivity index (χ0v) is 29.8. The molecule has 43 heavy (non-hydrogen) atoms. The van der Waals surface area contributed by atoms with Crippen molar-refractivity contribution in [1.29, 1.82) is 0 Å². The van der Waals surface area contributed by atoms with E-state index in [9.17, 15) is 9.59 Å². The summed E-state index contributed by atoms with van der Waals surface area (Å²) < 4.78 is 33.4. The van der Waals surface area contributed by atoms with Gasteiger partial charge in [0.05, 0.1) is 39.3 Å². The fourth-order valence-electron chi connectivity index (χ4n) is 3.74. The molecule has 0 aromatic heterocycles. The second kappa shape index (κ2) is 20.7. The van der Waals surface area contributed by atoms with Gasteiger partial charge < -0.3 is 33.7 Å². The lowest BCUT2D eigenvalue weighted by Gasteiger charge is -2.29. The first-order valence-corrected chi connectivity index (χ1v) is 16.2. The van der Waals surface area contributed by atoms with Crippen LogP contribution >= 0.6 is 0 Å². The molecule has 0 aromatic rings. The zero-order valence-electron chi connectivity index (χ0n) is 29.8. The molecule has 0 aliphatic heterocycles. The van der Waals surface area contributed by atoms with Crippen molar-refractivity contribution in [2.45, 2.75) is 134 Å². The predicted octanol–water partition coefficient (Wildman–Crippen LogP) is 6.91. The predicted molar refractivity (Wildman–Crippen MR) is 172 cm³/mol. The van der Waals surface area contributed by atoms with Crippen LogP contribution in [0.3, 0.4) is 0 Å². The summed E-state index contributed by atoms with van der Waals surface area (Å²) in [7, 11) is 0. The van der Waals surface area contributed by atoms with Gasteiger partial charge in [-0.05, 0) is 61.2 Å². The first kappa shape index (κ1) is 41.7. The Morgan fingerprint density at radius 3 is 1.21 bits per heavy atom. The Balaban J connectivity index is 3.77. The molecule has 0 bridgehead atoms. The smallest absolute Gasteiger partial charge is 0.307 e. The third-order valence-corrected chi connectivity index (χ3v) is 6.93. The van der Waals surface area contributed by atoms with Gasteiger partial charge in [-0.15, -0.1) is 0 Å². The van der Waals surface area contributed by atoms with E-state index in [2.05, 4.69) is 74.6 Å². The van der Waals surface area contributed by atoms with Crippen LogP contribution in [0.2, 0.25) is 0 Å². The average molecular weight is 618 g/mol. The summed E-state index contributed by atoms with van der Waals surface area (Å²) in [4.78, 5) is 23.9. The maximum Gasteiger partial charge on any atom is 0.307 e. The molecule has 9 nitrogen and oxygen atoms in total. The van der Waals surface area contributed by atoms with Crippen molar-refractivity contribution < 1.29 is 38.0 Å². The summed E-state index contributed by atoms with van der Waals surface area (Å²) in [6.07, 6.45) is 4.13. The minimum atomic E-state index is -0.363. The van der Waals surface area contributed by atoms with E-state index in [0.717, 1.165) is 25.7 Å². The lowest BCUT2D eigenvalue weighted by molar-refractivity contribution is -0.164. The monoisotopic (exact) mass is 617 g/mol. The lowest BCUT2D eigenvalue weighted by Crippen LogP contribution is -2.27. The summed E-state index contributed by atoms with van der Waals surface area (Å²) in [5.74, 6) is -0.636. The highest BCUT2D eigenvalue weighted by molar-refractivity contribution is 5.70. The lowest BCUT2D eigenvalue weighted by atomic mass is 9.80. The second-order valence-electron chi connectivity index (χ2n) is 15.6. The van der Waals surface area contributed by atoms with Crippen molar-refractivity contribution in [1.82, 2.24) is 5.32 Å². The molecule has 0 aliphatic carbocycles. The summed E-state index contributed by atoms with van der Waals surface area (Å²) in [6.45, 7) is 29.0. The van der Waals surface area contributed by atoms with Gasteiger partial charge in [-0.3, -0.25) is 9.59 Å². The Hall–Kier alpha value is -1.26. The van der Waals surface area contributed by atoms with Crippen LogP contribution in [0.1, 0.15) is 122 Å². The van der Waals surface area contributed by atoms with Gasteiger partial charge in [0.2, 0.25) is 0 Å². The first-order valence-electron chi connectivity index (χ1n) is 16.2. The minimum Gasteiger partial charge on any atom is -0.463 e. The van der Waals surface area contributed by atoms with Crippen LogP contribution in [-0.2, 0) is 38.0 Å². The highest BCUT2D eigenvalue weighted by Crippen LogP contribution is 2.31. The molecule has 2 unspecified atom stereocenters. The van der Waals surface area contributed by atoms with Crippen LogP contribution in [0.5, 0.6) is 0 Å². The summed E-state index contributed by atoms with van der Waals surface area (Å²) in [6, 6.07) is 0. The Labute approximate surface area is 263 Å². The van der Waals surface area contributed by atoms with Gasteiger partial charge in [-0.1, -0.05) is 69.2 Å². The Morgan fingerprint density at radius 2 is 0.884 bits per heavy atom. The molecular formula is C34H67NO8. The van der Waals surface area contributed by atoms with E-state index < -0.39 is 0 Å². The highest BCUT2D eigenvalue weighted by atomic mass is 16.7. The van der Waals surface area contributed by atoms with Crippen molar-refractivity contribution in [3.63, 3.8) is 0 Å². The maximum absolute atomic E-state index is 11.9. The molecular weight excluding hydrogens is 550 g/mol. The van der Waals surface area contributed by atoms with Crippen LogP contribution in [0, 0.1) is 21.7 Å². The molecule has 0 saturated heterocycles. The zero-order chi connectivity index (χ0) is 33.2. The average Bonchev–Trinajstić information content (AvgIpc) is 2.88. The summed E-state index contributed by atoms with van der Waals surface area (Å²) >= 11 is 0. The minimum absolute atomic E-state index is 0.0761. The van der Waals surface area contributed by atoms with Crippen LogP contribution in [0.4, 0.5) is 0 Å². The molecule has 2 atom stereocenters.